The van der Waals surface area contributed by atoms with Crippen molar-refractivity contribution in [3.8, 4) is 17.2 Å². The molecule has 16 nitrogen and oxygen atoms in total. The number of aliphatic hydroxyl groups is 6. The minimum atomic E-state index is -2.03. The van der Waals surface area contributed by atoms with Gasteiger partial charge in [0.15, 0.2) is 12.1 Å². The molecule has 364 valence electrons. The maximum absolute atomic E-state index is 14.3. The van der Waals surface area contributed by atoms with Crippen LogP contribution < -0.4 is 24.8 Å². The Hall–Kier alpha value is -4.52. The summed E-state index contributed by atoms with van der Waals surface area (Å²) in [4.78, 5) is 48.7. The number of aliphatic hydroxyl groups excluding tert-OH is 3. The number of hydrogen-bond acceptors (Lipinski definition) is 16. The third-order valence-electron chi connectivity index (χ3n) is 14.8. The van der Waals surface area contributed by atoms with Gasteiger partial charge in [0.25, 0.3) is 0 Å². The van der Waals surface area contributed by atoms with Crippen molar-refractivity contribution >= 4 is 29.7 Å². The van der Waals surface area contributed by atoms with Gasteiger partial charge in [-0.1, -0.05) is 17.7 Å². The highest BCUT2D eigenvalue weighted by Crippen LogP contribution is 2.58. The SMILES string of the molecule is CCOC(=O)C1=C(C=O)/C(=C2\C[C@@H](CO)C(=O)[C@H](c3ccc4c(c3)=CCN=4)C2)c2c(c(CO)c3c(c2O[C@@H]2CCCC(O)(O)C2)C[C@@H]([C@@](O)(CCCCO)C2CCN(CCCOC)CC2)O3)O1. The summed E-state index contributed by atoms with van der Waals surface area (Å²) in [5.41, 5.74) is 0.704. The number of carbonyl (C=O) groups is 3. The standard InChI is InChI=1S/C51H66N2O14/c1-3-64-49(59)48-38(28-56)42(32-23-33(27-55)44(58)36(24-32)30-9-10-40-31(22-30)11-16-52-40)43-46(65-35-8-6-14-50(60,61)26-35)37-25-41(66-45(37)39(29-57)47(43)67-48)51(62,15-4-5-20-54)34-12-18-53(19-13-34)17-7-21-63-2/h9-11,22,28,33-36,41,54-55,57,60-62H,3-8,12-21,23-27,29H2,1-2H3/b42-32-/t33-,35+,36-,41-,51+/m0/s1. The lowest BCUT2D eigenvalue weighted by molar-refractivity contribution is -0.196. The van der Waals surface area contributed by atoms with Crippen molar-refractivity contribution in [2.24, 2.45) is 16.8 Å². The van der Waals surface area contributed by atoms with Crippen LogP contribution in [0.4, 0.5) is 0 Å². The number of aldehydes is 1. The highest BCUT2D eigenvalue weighted by atomic mass is 16.6. The van der Waals surface area contributed by atoms with E-state index in [1.54, 1.807) is 14.0 Å². The Labute approximate surface area is 390 Å². The predicted octanol–water partition coefficient (Wildman–Crippen LogP) is 2.46. The Morgan fingerprint density at radius 1 is 1.06 bits per heavy atom. The number of methoxy groups -OCH3 is 1. The number of rotatable bonds is 18. The molecule has 0 amide bonds. The molecule has 0 bridgehead atoms. The molecule has 0 radical (unpaired) electrons. The second kappa shape index (κ2) is 21.0. The summed E-state index contributed by atoms with van der Waals surface area (Å²) in [5.74, 6) is -5.13. The number of piperidine rings is 1. The average Bonchev–Trinajstić information content (AvgIpc) is 3.99. The topological polar surface area (TPSA) is 234 Å². The van der Waals surface area contributed by atoms with E-state index in [1.807, 2.05) is 24.3 Å². The van der Waals surface area contributed by atoms with Crippen LogP contribution in [0, 0.1) is 11.8 Å². The molecule has 5 atom stereocenters. The number of allylic oxidation sites excluding steroid dienone is 3. The molecular weight excluding hydrogens is 865 g/mol. The van der Waals surface area contributed by atoms with E-state index in [2.05, 4.69) is 9.89 Å². The zero-order valence-corrected chi connectivity index (χ0v) is 38.7. The Morgan fingerprint density at radius 2 is 1.87 bits per heavy atom. The first-order valence-electron chi connectivity index (χ1n) is 24.1. The molecule has 6 aliphatic rings. The minimum Gasteiger partial charge on any atom is -0.489 e. The molecule has 2 aromatic rings. The number of unbranched alkanes of at least 4 members (excludes halogenated alkanes) is 1. The van der Waals surface area contributed by atoms with Gasteiger partial charge in [0, 0.05) is 69.1 Å². The molecular formula is C51H66N2O14. The number of likely N-dealkylation sites (tertiary alicyclic amines) is 1. The zero-order chi connectivity index (χ0) is 47.5. The molecule has 2 aliphatic carbocycles. The number of Topliss-reactive ketones (excluding diaryl/α,β-unsaturated/α-hetero) is 1. The lowest BCUT2D eigenvalue weighted by Crippen LogP contribution is -2.54. The maximum atomic E-state index is 14.3. The van der Waals surface area contributed by atoms with Gasteiger partial charge in [-0.05, 0) is 113 Å². The average molecular weight is 931 g/mol. The van der Waals surface area contributed by atoms with E-state index in [4.69, 9.17) is 23.7 Å². The van der Waals surface area contributed by atoms with Gasteiger partial charge in [0.2, 0.25) is 5.76 Å². The quantitative estimate of drug-likeness (QED) is 0.0546. The highest BCUT2D eigenvalue weighted by molar-refractivity contribution is 6.11. The third-order valence-corrected chi connectivity index (χ3v) is 14.8. The number of carbonyl (C=O) groups excluding carboxylic acids is 3. The molecule has 8 rings (SSSR count). The summed E-state index contributed by atoms with van der Waals surface area (Å²) in [7, 11) is 1.68. The molecule has 1 saturated heterocycles. The number of ether oxygens (including phenoxy) is 5. The molecule has 2 saturated carbocycles. The molecule has 3 fully saturated rings. The largest absolute Gasteiger partial charge is 0.489 e. The van der Waals surface area contributed by atoms with Gasteiger partial charge in [-0.2, -0.15) is 0 Å². The summed E-state index contributed by atoms with van der Waals surface area (Å²) in [5, 5.41) is 68.7. The van der Waals surface area contributed by atoms with Crippen LogP contribution in [0.1, 0.15) is 112 Å². The number of nitrogens with zero attached hydrogens (tertiary/aromatic N) is 2. The normalized spacial score (nSPS) is 25.8. The zero-order valence-electron chi connectivity index (χ0n) is 38.7. The van der Waals surface area contributed by atoms with Crippen LogP contribution in [0.3, 0.4) is 0 Å². The van der Waals surface area contributed by atoms with Crippen molar-refractivity contribution in [3.05, 3.63) is 67.9 Å². The lowest BCUT2D eigenvalue weighted by Gasteiger charge is -2.44. The van der Waals surface area contributed by atoms with Crippen molar-refractivity contribution in [1.29, 1.82) is 0 Å². The second-order valence-corrected chi connectivity index (χ2v) is 19.0. The number of fused-ring (bicyclic) bond motifs is 3. The van der Waals surface area contributed by atoms with Crippen molar-refractivity contribution in [1.82, 2.24) is 4.90 Å². The summed E-state index contributed by atoms with van der Waals surface area (Å²) >= 11 is 0. The summed E-state index contributed by atoms with van der Waals surface area (Å²) in [6.45, 7) is 3.91. The van der Waals surface area contributed by atoms with Crippen molar-refractivity contribution < 1.29 is 68.7 Å². The molecule has 0 unspecified atom stereocenters. The number of hydrogen-bond donors (Lipinski definition) is 6. The van der Waals surface area contributed by atoms with Crippen LogP contribution in [0.5, 0.6) is 17.2 Å². The number of esters is 1. The molecule has 0 aromatic heterocycles. The van der Waals surface area contributed by atoms with Gasteiger partial charge >= 0.3 is 5.97 Å². The first-order chi connectivity index (χ1) is 32.4. The van der Waals surface area contributed by atoms with Crippen LogP contribution in [0.25, 0.3) is 11.6 Å². The molecule has 4 aliphatic heterocycles. The van der Waals surface area contributed by atoms with Crippen LogP contribution in [-0.4, -0.2) is 137 Å². The van der Waals surface area contributed by atoms with E-state index >= 15 is 0 Å². The summed E-state index contributed by atoms with van der Waals surface area (Å²) < 4.78 is 31.1. The van der Waals surface area contributed by atoms with Crippen LogP contribution >= 0.6 is 0 Å². The van der Waals surface area contributed by atoms with Gasteiger partial charge in [-0.3, -0.25) is 14.6 Å². The predicted molar refractivity (Wildman–Crippen MR) is 243 cm³/mol. The van der Waals surface area contributed by atoms with E-state index in [9.17, 15) is 45.0 Å². The third kappa shape index (κ3) is 9.87. The van der Waals surface area contributed by atoms with E-state index in [-0.39, 0.29) is 96.5 Å². The van der Waals surface area contributed by atoms with Gasteiger partial charge in [0.05, 0.1) is 48.4 Å². The van der Waals surface area contributed by atoms with E-state index in [0.717, 1.165) is 36.6 Å². The second-order valence-electron chi connectivity index (χ2n) is 19.0. The molecule has 0 spiro atoms. The summed E-state index contributed by atoms with van der Waals surface area (Å²) in [6.07, 6.45) is 5.42. The molecule has 16 heteroatoms. The fraction of sp³-hybridized carbons (Fsp3) is 0.608. The summed E-state index contributed by atoms with van der Waals surface area (Å²) in [6, 6.07) is 5.63. The van der Waals surface area contributed by atoms with Gasteiger partial charge < -0.3 is 59.2 Å². The van der Waals surface area contributed by atoms with E-state index in [0.29, 0.717) is 81.1 Å². The van der Waals surface area contributed by atoms with E-state index < -0.39 is 60.4 Å². The van der Waals surface area contributed by atoms with Gasteiger partial charge in [0.1, 0.15) is 40.8 Å². The molecule has 67 heavy (non-hydrogen) atoms. The smallest absolute Gasteiger partial charge is 0.375 e. The van der Waals surface area contributed by atoms with Crippen LogP contribution in [0.2, 0.25) is 0 Å². The Morgan fingerprint density at radius 3 is 2.57 bits per heavy atom. The first-order valence-corrected chi connectivity index (χ1v) is 24.1. The van der Waals surface area contributed by atoms with Gasteiger partial charge in [-0.15, -0.1) is 0 Å². The van der Waals surface area contributed by atoms with Crippen LogP contribution in [0.15, 0.2) is 40.1 Å². The Balaban J connectivity index is 1.31. The first kappa shape index (κ1) is 48.9. The van der Waals surface area contributed by atoms with E-state index in [1.165, 1.54) is 0 Å². The Kier molecular flexibility index (Phi) is 15.3. The lowest BCUT2D eigenvalue weighted by atomic mass is 9.71. The highest BCUT2D eigenvalue weighted by Gasteiger charge is 2.52. The Bertz CT molecular complexity index is 2390. The molecule has 2 aromatic carbocycles. The minimum absolute atomic E-state index is 0.0130. The fourth-order valence-electron chi connectivity index (χ4n) is 11.4. The fourth-order valence-corrected chi connectivity index (χ4v) is 11.4. The van der Waals surface area contributed by atoms with Crippen molar-refractivity contribution in [3.63, 3.8) is 0 Å². The van der Waals surface area contributed by atoms with Gasteiger partial charge in [-0.25, -0.2) is 4.79 Å². The van der Waals surface area contributed by atoms with Crippen LogP contribution in [-0.2, 0) is 36.9 Å². The molecule has 4 heterocycles. The van der Waals surface area contributed by atoms with Crippen molar-refractivity contribution in [2.45, 2.75) is 127 Å². The number of benzene rings is 2. The maximum Gasteiger partial charge on any atom is 0.375 e. The molecule has 6 N–H and O–H groups in total. The van der Waals surface area contributed by atoms with Crippen molar-refractivity contribution in [2.75, 3.05) is 59.7 Å². The monoisotopic (exact) mass is 930 g/mol. The number of ketones is 1.